The number of esters is 1. The van der Waals surface area contributed by atoms with Crippen LogP contribution in [0.15, 0.2) is 17.5 Å². The molecule has 2 heterocycles. The van der Waals surface area contributed by atoms with E-state index in [0.29, 0.717) is 6.61 Å². The molecule has 1 aromatic heterocycles. The van der Waals surface area contributed by atoms with E-state index in [4.69, 9.17) is 4.74 Å². The van der Waals surface area contributed by atoms with Gasteiger partial charge in [-0.2, -0.15) is 0 Å². The zero-order chi connectivity index (χ0) is 15.2. The number of ether oxygens (including phenoxy) is 1. The van der Waals surface area contributed by atoms with Crippen molar-refractivity contribution in [2.75, 3.05) is 33.3 Å². The fraction of sp³-hybridized carbons (Fsp3) is 0.600. The monoisotopic (exact) mass is 310 g/mol. The quantitative estimate of drug-likeness (QED) is 0.753. The summed E-state index contributed by atoms with van der Waals surface area (Å²) in [6.07, 6.45) is 2.06. The minimum atomic E-state index is -0.288. The van der Waals surface area contributed by atoms with Gasteiger partial charge in [-0.15, -0.1) is 11.3 Å². The molecule has 0 aromatic carbocycles. The van der Waals surface area contributed by atoms with Crippen molar-refractivity contribution in [2.24, 2.45) is 0 Å². The lowest BCUT2D eigenvalue weighted by atomic mass is 10.2. The molecule has 2 rings (SSSR count). The van der Waals surface area contributed by atoms with Crippen molar-refractivity contribution >= 4 is 23.2 Å². The van der Waals surface area contributed by atoms with Crippen LogP contribution in [0.3, 0.4) is 0 Å². The Labute approximate surface area is 129 Å². The van der Waals surface area contributed by atoms with Gasteiger partial charge in [0.25, 0.3) is 0 Å². The van der Waals surface area contributed by atoms with Crippen LogP contribution in [0.25, 0.3) is 0 Å². The number of carbonyl (C=O) groups is 2. The second-order valence-corrected chi connectivity index (χ2v) is 6.22. The SMILES string of the molecule is CCOC(=O)CN(C)CC(=O)N1CCCC1c1cccs1. The molecule has 1 fully saturated rings. The van der Waals surface area contributed by atoms with Gasteiger partial charge in [-0.3, -0.25) is 14.5 Å². The van der Waals surface area contributed by atoms with E-state index in [1.165, 1.54) is 4.88 Å². The van der Waals surface area contributed by atoms with Gasteiger partial charge in [0.15, 0.2) is 0 Å². The summed E-state index contributed by atoms with van der Waals surface area (Å²) in [4.78, 5) is 28.8. The maximum atomic E-state index is 12.4. The van der Waals surface area contributed by atoms with Gasteiger partial charge in [0.1, 0.15) is 0 Å². The van der Waals surface area contributed by atoms with E-state index < -0.39 is 0 Å². The number of hydrogen-bond acceptors (Lipinski definition) is 5. The number of nitrogens with zero attached hydrogens (tertiary/aromatic N) is 2. The largest absolute Gasteiger partial charge is 0.465 e. The Morgan fingerprint density at radius 1 is 1.48 bits per heavy atom. The van der Waals surface area contributed by atoms with E-state index in [9.17, 15) is 9.59 Å². The molecule has 116 valence electrons. The molecule has 0 bridgehead atoms. The average Bonchev–Trinajstić information content (AvgIpc) is 3.09. The van der Waals surface area contributed by atoms with E-state index in [2.05, 4.69) is 6.07 Å². The summed E-state index contributed by atoms with van der Waals surface area (Å²) in [5, 5.41) is 2.04. The fourth-order valence-corrected chi connectivity index (χ4v) is 3.52. The molecule has 1 unspecified atom stereocenters. The molecule has 0 N–H and O–H groups in total. The summed E-state index contributed by atoms with van der Waals surface area (Å²) in [6.45, 7) is 3.35. The van der Waals surface area contributed by atoms with Gasteiger partial charge in [-0.05, 0) is 38.3 Å². The van der Waals surface area contributed by atoms with E-state index in [1.807, 2.05) is 16.3 Å². The lowest BCUT2D eigenvalue weighted by Crippen LogP contribution is -2.40. The van der Waals surface area contributed by atoms with Crippen LogP contribution in [-0.4, -0.2) is 55.0 Å². The molecule has 0 aliphatic carbocycles. The predicted molar refractivity (Wildman–Crippen MR) is 82.1 cm³/mol. The molecule has 1 aliphatic rings. The first kappa shape index (κ1) is 16.0. The summed E-state index contributed by atoms with van der Waals surface area (Å²) in [5.74, 6) is -0.207. The van der Waals surface area contributed by atoms with Crippen LogP contribution >= 0.6 is 11.3 Å². The zero-order valence-corrected chi connectivity index (χ0v) is 13.4. The van der Waals surface area contributed by atoms with Crippen molar-refractivity contribution in [3.63, 3.8) is 0 Å². The zero-order valence-electron chi connectivity index (χ0n) is 12.6. The molecular formula is C15H22N2O3S. The molecule has 5 nitrogen and oxygen atoms in total. The Morgan fingerprint density at radius 3 is 2.95 bits per heavy atom. The van der Waals surface area contributed by atoms with Crippen LogP contribution in [0.5, 0.6) is 0 Å². The first-order chi connectivity index (χ1) is 10.1. The van der Waals surface area contributed by atoms with Gasteiger partial charge >= 0.3 is 5.97 Å². The number of rotatable bonds is 6. The fourth-order valence-electron chi connectivity index (χ4n) is 2.65. The minimum Gasteiger partial charge on any atom is -0.465 e. The van der Waals surface area contributed by atoms with Crippen LogP contribution in [0.4, 0.5) is 0 Å². The highest BCUT2D eigenvalue weighted by molar-refractivity contribution is 7.10. The van der Waals surface area contributed by atoms with E-state index in [-0.39, 0.29) is 31.0 Å². The standard InChI is InChI=1S/C15H22N2O3S/c1-3-20-15(19)11-16(2)10-14(18)17-8-4-6-12(17)13-7-5-9-21-13/h5,7,9,12H,3-4,6,8,10-11H2,1-2H3. The predicted octanol–water partition coefficient (Wildman–Crippen LogP) is 1.91. The molecule has 1 aromatic rings. The molecule has 1 atom stereocenters. The van der Waals surface area contributed by atoms with Crippen molar-refractivity contribution in [1.82, 2.24) is 9.80 Å². The van der Waals surface area contributed by atoms with Crippen molar-refractivity contribution in [1.29, 1.82) is 0 Å². The van der Waals surface area contributed by atoms with E-state index >= 15 is 0 Å². The highest BCUT2D eigenvalue weighted by atomic mass is 32.1. The molecule has 0 saturated carbocycles. The molecule has 0 radical (unpaired) electrons. The van der Waals surface area contributed by atoms with Crippen molar-refractivity contribution in [3.05, 3.63) is 22.4 Å². The third-order valence-electron chi connectivity index (χ3n) is 3.55. The topological polar surface area (TPSA) is 49.9 Å². The lowest BCUT2D eigenvalue weighted by Gasteiger charge is -2.26. The molecule has 6 heteroatoms. The smallest absolute Gasteiger partial charge is 0.320 e. The second-order valence-electron chi connectivity index (χ2n) is 5.24. The molecule has 1 saturated heterocycles. The second kappa shape index (κ2) is 7.56. The summed E-state index contributed by atoms with van der Waals surface area (Å²) >= 11 is 1.70. The highest BCUT2D eigenvalue weighted by Crippen LogP contribution is 2.34. The number of carbonyl (C=O) groups excluding carboxylic acids is 2. The average molecular weight is 310 g/mol. The molecular weight excluding hydrogens is 288 g/mol. The Kier molecular flexibility index (Phi) is 5.76. The summed E-state index contributed by atoms with van der Waals surface area (Å²) < 4.78 is 4.90. The maximum Gasteiger partial charge on any atom is 0.320 e. The number of amides is 1. The molecule has 1 amide bonds. The van der Waals surface area contributed by atoms with E-state index in [0.717, 1.165) is 19.4 Å². The van der Waals surface area contributed by atoms with Gasteiger partial charge < -0.3 is 9.64 Å². The van der Waals surface area contributed by atoms with Gasteiger partial charge in [0.2, 0.25) is 5.91 Å². The number of likely N-dealkylation sites (N-methyl/N-ethyl adjacent to an activating group) is 1. The van der Waals surface area contributed by atoms with Crippen molar-refractivity contribution in [3.8, 4) is 0 Å². The number of likely N-dealkylation sites (tertiary alicyclic amines) is 1. The Balaban J connectivity index is 1.89. The van der Waals surface area contributed by atoms with Crippen LogP contribution < -0.4 is 0 Å². The van der Waals surface area contributed by atoms with Crippen LogP contribution in [0, 0.1) is 0 Å². The lowest BCUT2D eigenvalue weighted by molar-refractivity contribution is -0.144. The van der Waals surface area contributed by atoms with E-state index in [1.54, 1.807) is 30.2 Å². The normalized spacial score (nSPS) is 18.2. The van der Waals surface area contributed by atoms with Crippen molar-refractivity contribution < 1.29 is 14.3 Å². The first-order valence-electron chi connectivity index (χ1n) is 7.29. The number of hydrogen-bond donors (Lipinski definition) is 0. The van der Waals surface area contributed by atoms with Crippen LogP contribution in [0.2, 0.25) is 0 Å². The highest BCUT2D eigenvalue weighted by Gasteiger charge is 2.30. The first-order valence-corrected chi connectivity index (χ1v) is 8.16. The third kappa shape index (κ3) is 4.28. The van der Waals surface area contributed by atoms with Gasteiger partial charge in [0.05, 0.1) is 25.7 Å². The van der Waals surface area contributed by atoms with Gasteiger partial charge in [-0.25, -0.2) is 0 Å². The Hall–Kier alpha value is -1.40. The Bertz CT molecular complexity index is 475. The number of thiophene rings is 1. The summed E-state index contributed by atoms with van der Waals surface area (Å²) in [6, 6.07) is 4.31. The Morgan fingerprint density at radius 2 is 2.29 bits per heavy atom. The molecule has 1 aliphatic heterocycles. The maximum absolute atomic E-state index is 12.4. The van der Waals surface area contributed by atoms with Gasteiger partial charge in [0, 0.05) is 11.4 Å². The van der Waals surface area contributed by atoms with Gasteiger partial charge in [-0.1, -0.05) is 6.07 Å². The van der Waals surface area contributed by atoms with Crippen molar-refractivity contribution in [2.45, 2.75) is 25.8 Å². The summed E-state index contributed by atoms with van der Waals surface area (Å²) in [5.41, 5.74) is 0. The minimum absolute atomic E-state index is 0.0812. The third-order valence-corrected chi connectivity index (χ3v) is 4.53. The van der Waals surface area contributed by atoms with Crippen LogP contribution in [0.1, 0.15) is 30.7 Å². The molecule has 0 spiro atoms. The molecule has 21 heavy (non-hydrogen) atoms. The van der Waals surface area contributed by atoms with Crippen LogP contribution in [-0.2, 0) is 14.3 Å². The summed E-state index contributed by atoms with van der Waals surface area (Å²) in [7, 11) is 1.77.